The first-order valence-electron chi connectivity index (χ1n) is 20.9. The standard InChI is InChI=1S/C45H56N4O10/c1-7-28(52)20-27-23-44(40(53)57-5,36-30(14-17-46-24-27)29-12-9-10-13-33(29)47-36)32-21-31-34(22-35(32)56-4)49(25-50)38-43(31)16-19-48-18-11-15-42(8-2,37(43)48)39(59-26(3)51)45(38,55)41(54)58-6/h9-13,15,21-22,25,27,30,36-39,46-47,55H,7-8,14,16-20,23-24H2,1-6H3/t27?,30?,36?,37-,38-,39-,42+,43-,44+,45?/m1/s1. The van der Waals surface area contributed by atoms with Crippen LogP contribution in [-0.4, -0.2) is 117 Å². The van der Waals surface area contributed by atoms with Gasteiger partial charge in [0, 0.05) is 66.4 Å². The van der Waals surface area contributed by atoms with Gasteiger partial charge in [0.15, 0.2) is 6.10 Å². The van der Waals surface area contributed by atoms with Gasteiger partial charge in [0.25, 0.3) is 0 Å². The average Bonchev–Trinajstić information content (AvgIpc) is 3.92. The van der Waals surface area contributed by atoms with Crippen molar-refractivity contribution in [2.24, 2.45) is 11.3 Å². The number of para-hydroxylation sites is 1. The lowest BCUT2D eigenvalue weighted by Crippen LogP contribution is -2.81. The number of amides is 1. The van der Waals surface area contributed by atoms with Crippen LogP contribution >= 0.6 is 0 Å². The largest absolute Gasteiger partial charge is 0.496 e. The van der Waals surface area contributed by atoms with Crippen LogP contribution in [0, 0.1) is 11.3 Å². The van der Waals surface area contributed by atoms with Crippen LogP contribution in [0.5, 0.6) is 5.75 Å². The van der Waals surface area contributed by atoms with E-state index in [2.05, 4.69) is 21.6 Å². The molecule has 2 aromatic carbocycles. The Hall–Kier alpha value is -4.79. The molecule has 2 aromatic rings. The Morgan fingerprint density at radius 2 is 1.78 bits per heavy atom. The highest BCUT2D eigenvalue weighted by molar-refractivity contribution is 5.94. The third-order valence-electron chi connectivity index (χ3n) is 14.9. The fourth-order valence-corrected chi connectivity index (χ4v) is 12.8. The molecule has 0 bridgehead atoms. The van der Waals surface area contributed by atoms with Crippen molar-refractivity contribution < 1.29 is 48.0 Å². The first-order valence-corrected chi connectivity index (χ1v) is 20.9. The Balaban J connectivity index is 1.45. The highest BCUT2D eigenvalue weighted by Crippen LogP contribution is 2.68. The lowest BCUT2D eigenvalue weighted by atomic mass is 9.47. The number of nitrogens with zero attached hydrogens (tertiary/aromatic N) is 2. The molecule has 2 saturated heterocycles. The number of hydrogen-bond donors (Lipinski definition) is 3. The van der Waals surface area contributed by atoms with Crippen molar-refractivity contribution in [3.05, 3.63) is 65.2 Å². The van der Waals surface area contributed by atoms with Gasteiger partial charge in [0.2, 0.25) is 12.0 Å². The predicted molar refractivity (Wildman–Crippen MR) is 217 cm³/mol. The number of benzene rings is 2. The second-order valence-electron chi connectivity index (χ2n) is 17.3. The van der Waals surface area contributed by atoms with Crippen LogP contribution in [0.3, 0.4) is 0 Å². The van der Waals surface area contributed by atoms with Gasteiger partial charge in [0.05, 0.1) is 39.1 Å². The molecule has 5 aliphatic heterocycles. The van der Waals surface area contributed by atoms with E-state index in [-0.39, 0.29) is 30.5 Å². The Bertz CT molecular complexity index is 2090. The van der Waals surface area contributed by atoms with Crippen molar-refractivity contribution >= 4 is 41.5 Å². The zero-order valence-corrected chi connectivity index (χ0v) is 34.7. The molecule has 14 nitrogen and oxygen atoms in total. The van der Waals surface area contributed by atoms with E-state index in [9.17, 15) is 24.3 Å². The maximum atomic E-state index is 15.2. The molecule has 1 aliphatic carbocycles. The van der Waals surface area contributed by atoms with Crippen molar-refractivity contribution in [1.29, 1.82) is 0 Å². The first-order chi connectivity index (χ1) is 28.4. The Kier molecular flexibility index (Phi) is 10.4. The Labute approximate surface area is 344 Å². The number of ketones is 1. The van der Waals surface area contributed by atoms with Crippen LogP contribution < -0.4 is 20.3 Å². The summed E-state index contributed by atoms with van der Waals surface area (Å²) in [5.74, 6) is -2.27. The molecule has 4 unspecified atom stereocenters. The average molecular weight is 813 g/mol. The summed E-state index contributed by atoms with van der Waals surface area (Å²) in [5.41, 5.74) is -2.68. The lowest BCUT2D eigenvalue weighted by Gasteiger charge is -2.63. The zero-order chi connectivity index (χ0) is 42.1. The smallest absolute Gasteiger partial charge is 0.344 e. The molecule has 5 heterocycles. The summed E-state index contributed by atoms with van der Waals surface area (Å²) in [4.78, 5) is 73.2. The lowest BCUT2D eigenvalue weighted by molar-refractivity contribution is -0.228. The summed E-state index contributed by atoms with van der Waals surface area (Å²) in [7, 11) is 4.06. The van der Waals surface area contributed by atoms with Crippen LogP contribution in [0.4, 0.5) is 11.4 Å². The number of Topliss-reactive ketones (excluding diaryl/α,β-unsaturated/α-hetero) is 1. The van der Waals surface area contributed by atoms with Crippen LogP contribution in [-0.2, 0) is 49.0 Å². The van der Waals surface area contributed by atoms with Crippen molar-refractivity contribution in [2.75, 3.05) is 57.7 Å². The highest BCUT2D eigenvalue weighted by atomic mass is 16.6. The number of esters is 3. The van der Waals surface area contributed by atoms with Crippen LogP contribution in [0.25, 0.3) is 0 Å². The van der Waals surface area contributed by atoms with Gasteiger partial charge in [0.1, 0.15) is 16.9 Å². The topological polar surface area (TPSA) is 173 Å². The van der Waals surface area contributed by atoms with Crippen molar-refractivity contribution in [3.63, 3.8) is 0 Å². The number of carbonyl (C=O) groups is 5. The van der Waals surface area contributed by atoms with Gasteiger partial charge in [-0.2, -0.15) is 0 Å². The van der Waals surface area contributed by atoms with Crippen molar-refractivity contribution in [2.45, 2.75) is 106 Å². The second-order valence-corrected chi connectivity index (χ2v) is 17.3. The number of anilines is 2. The molecule has 316 valence electrons. The molecule has 14 heteroatoms. The summed E-state index contributed by atoms with van der Waals surface area (Å²) in [6.45, 7) is 7.28. The number of fused-ring (bicyclic) bond motifs is 4. The van der Waals surface area contributed by atoms with E-state index >= 15 is 4.79 Å². The minimum absolute atomic E-state index is 0.0808. The molecule has 8 rings (SSSR count). The number of carbonyl (C=O) groups excluding carboxylic acids is 5. The first kappa shape index (κ1) is 41.0. The SMILES string of the molecule is CCC(=O)CC1CNCCC2c3ccccc3NC2[C@@](C(=O)OC)(c2cc3c(cc2OC)N(C=O)[C@H]2C(O)(C(=O)OC)[C@H](OC(C)=O)[C@@]4(CC)C=CCN5CC[C@]32[C@H]54)C1. The van der Waals surface area contributed by atoms with Gasteiger partial charge in [-0.25, -0.2) is 4.79 Å². The minimum Gasteiger partial charge on any atom is -0.496 e. The van der Waals surface area contributed by atoms with E-state index in [4.69, 9.17) is 18.9 Å². The molecule has 1 amide bonds. The Morgan fingerprint density at radius 3 is 2.46 bits per heavy atom. The molecule has 6 aliphatic rings. The summed E-state index contributed by atoms with van der Waals surface area (Å²) in [5, 5.41) is 20.6. The summed E-state index contributed by atoms with van der Waals surface area (Å²) in [6, 6.07) is 9.44. The maximum Gasteiger partial charge on any atom is 0.344 e. The molecule has 3 N–H and O–H groups in total. The van der Waals surface area contributed by atoms with Gasteiger partial charge in [-0.3, -0.25) is 24.1 Å². The third-order valence-corrected chi connectivity index (χ3v) is 14.9. The van der Waals surface area contributed by atoms with E-state index in [0.717, 1.165) is 11.3 Å². The Morgan fingerprint density at radius 1 is 1.02 bits per heavy atom. The highest BCUT2D eigenvalue weighted by Gasteiger charge is 2.81. The molecule has 59 heavy (non-hydrogen) atoms. The van der Waals surface area contributed by atoms with Gasteiger partial charge in [-0.15, -0.1) is 0 Å². The molecule has 1 saturated carbocycles. The second kappa shape index (κ2) is 15.0. The number of hydrogen-bond acceptors (Lipinski definition) is 13. The molecular formula is C45H56N4O10. The molecule has 10 atom stereocenters. The third kappa shape index (κ3) is 5.57. The monoisotopic (exact) mass is 812 g/mol. The number of rotatable bonds is 10. The van der Waals surface area contributed by atoms with Gasteiger partial charge < -0.3 is 39.6 Å². The number of nitrogens with one attached hydrogen (secondary N) is 2. The van der Waals surface area contributed by atoms with Gasteiger partial charge >= 0.3 is 17.9 Å². The van der Waals surface area contributed by atoms with Crippen molar-refractivity contribution in [3.8, 4) is 5.75 Å². The normalized spacial score (nSPS) is 35.3. The van der Waals surface area contributed by atoms with Gasteiger partial charge in [-0.1, -0.05) is 44.2 Å². The number of aliphatic hydroxyl groups is 1. The van der Waals surface area contributed by atoms with E-state index in [0.29, 0.717) is 80.8 Å². The molecular weight excluding hydrogens is 757 g/mol. The minimum atomic E-state index is -2.53. The fraction of sp³-hybridized carbons (Fsp3) is 0.578. The summed E-state index contributed by atoms with van der Waals surface area (Å²) < 4.78 is 23.6. The predicted octanol–water partition coefficient (Wildman–Crippen LogP) is 3.53. The quantitative estimate of drug-likeness (QED) is 0.138. The zero-order valence-electron chi connectivity index (χ0n) is 34.7. The van der Waals surface area contributed by atoms with E-state index in [1.807, 2.05) is 50.3 Å². The van der Waals surface area contributed by atoms with E-state index < -0.39 is 64.0 Å². The summed E-state index contributed by atoms with van der Waals surface area (Å²) in [6.07, 6.45) is 5.43. The van der Waals surface area contributed by atoms with Crippen LogP contribution in [0.15, 0.2) is 48.6 Å². The molecule has 1 spiro atoms. The molecule has 0 radical (unpaired) electrons. The fourth-order valence-electron chi connectivity index (χ4n) is 12.8. The summed E-state index contributed by atoms with van der Waals surface area (Å²) >= 11 is 0. The molecule has 0 aromatic heterocycles. The molecule has 3 fully saturated rings. The van der Waals surface area contributed by atoms with Gasteiger partial charge in [-0.05, 0) is 74.5 Å². The van der Waals surface area contributed by atoms with E-state index in [1.165, 1.54) is 33.2 Å². The number of ether oxygens (including phenoxy) is 4. The van der Waals surface area contributed by atoms with Crippen LogP contribution in [0.2, 0.25) is 0 Å². The van der Waals surface area contributed by atoms with E-state index in [1.54, 1.807) is 6.07 Å². The van der Waals surface area contributed by atoms with Crippen LogP contribution in [0.1, 0.15) is 81.9 Å². The maximum absolute atomic E-state index is 15.2. The van der Waals surface area contributed by atoms with Crippen molar-refractivity contribution in [1.82, 2.24) is 10.2 Å². The number of methoxy groups -OCH3 is 3.